The normalized spacial score (nSPS) is 19.4. The van der Waals surface area contributed by atoms with Crippen LogP contribution in [0.5, 0.6) is 5.75 Å². The van der Waals surface area contributed by atoms with Gasteiger partial charge in [-0.3, -0.25) is 0 Å². The molecule has 35 heavy (non-hydrogen) atoms. The number of halogens is 1. The van der Waals surface area contributed by atoms with Crippen molar-refractivity contribution in [1.29, 1.82) is 0 Å². The van der Waals surface area contributed by atoms with Crippen molar-refractivity contribution < 1.29 is 27.5 Å². The van der Waals surface area contributed by atoms with Gasteiger partial charge < -0.3 is 29.0 Å². The van der Waals surface area contributed by atoms with Crippen LogP contribution in [-0.4, -0.2) is 72.0 Å². The van der Waals surface area contributed by atoms with Gasteiger partial charge in [-0.2, -0.15) is 0 Å². The molecular formula is C24H29FN4O5S. The first kappa shape index (κ1) is 25.1. The Morgan fingerprint density at radius 2 is 2.00 bits per heavy atom. The van der Waals surface area contributed by atoms with Gasteiger partial charge in [-0.25, -0.2) is 18.6 Å². The lowest BCUT2D eigenvalue weighted by Gasteiger charge is -2.22. The van der Waals surface area contributed by atoms with Gasteiger partial charge in [-0.1, -0.05) is 0 Å². The maximum Gasteiger partial charge on any atom is 0.150 e. The average molecular weight is 505 g/mol. The molecule has 3 unspecified atom stereocenters. The summed E-state index contributed by atoms with van der Waals surface area (Å²) in [6.45, 7) is 3.48. The van der Waals surface area contributed by atoms with Crippen molar-refractivity contribution in [2.45, 2.75) is 19.1 Å². The summed E-state index contributed by atoms with van der Waals surface area (Å²) in [6, 6.07) is 7.89. The fourth-order valence-electron chi connectivity index (χ4n) is 3.85. The number of anilines is 3. The lowest BCUT2D eigenvalue weighted by molar-refractivity contribution is -0.0209. The highest BCUT2D eigenvalue weighted by Gasteiger charge is 2.31. The maximum atomic E-state index is 14.2. The van der Waals surface area contributed by atoms with Crippen molar-refractivity contribution in [2.75, 3.05) is 49.8 Å². The Kier molecular flexibility index (Phi) is 7.70. The summed E-state index contributed by atoms with van der Waals surface area (Å²) in [4.78, 5) is 8.76. The Balaban J connectivity index is 1.62. The predicted molar refractivity (Wildman–Crippen MR) is 136 cm³/mol. The number of aromatic nitrogens is 2. The zero-order chi connectivity index (χ0) is 25.0. The lowest BCUT2D eigenvalue weighted by Crippen LogP contribution is -2.33. The van der Waals surface area contributed by atoms with Crippen LogP contribution in [0, 0.1) is 12.7 Å². The van der Waals surface area contributed by atoms with Gasteiger partial charge >= 0.3 is 0 Å². The van der Waals surface area contributed by atoms with Crippen molar-refractivity contribution in [2.24, 2.45) is 0 Å². The molecular weight excluding hydrogens is 475 g/mol. The number of hydrogen-bond donors (Lipinski definition) is 2. The summed E-state index contributed by atoms with van der Waals surface area (Å²) in [5.74, 6) is 4.04. The number of rotatable bonds is 10. The summed E-state index contributed by atoms with van der Waals surface area (Å²) in [5, 5.41) is 4.03. The van der Waals surface area contributed by atoms with Crippen LogP contribution in [0.2, 0.25) is 0 Å². The predicted octanol–water partition coefficient (Wildman–Crippen LogP) is 3.30. The Hall–Kier alpha value is -2.99. The monoisotopic (exact) mass is 504 g/mol. The zero-order valence-electron chi connectivity index (χ0n) is 19.9. The van der Waals surface area contributed by atoms with Crippen LogP contribution in [0.15, 0.2) is 36.7 Å². The van der Waals surface area contributed by atoms with Crippen LogP contribution >= 0.6 is 0 Å². The number of ether oxygens (including phenoxy) is 4. The van der Waals surface area contributed by atoms with Crippen LogP contribution in [0.1, 0.15) is 5.56 Å². The molecule has 188 valence electrons. The molecule has 0 radical (unpaired) electrons. The average Bonchev–Trinajstić information content (AvgIpc) is 3.21. The summed E-state index contributed by atoms with van der Waals surface area (Å²) in [6.07, 6.45) is 2.25. The van der Waals surface area contributed by atoms with Crippen LogP contribution in [0.25, 0.3) is 10.9 Å². The highest BCUT2D eigenvalue weighted by molar-refractivity contribution is 8.00. The fourth-order valence-corrected chi connectivity index (χ4v) is 4.46. The number of nitrogens with zero attached hydrogens (tertiary/aromatic N) is 2. The van der Waals surface area contributed by atoms with E-state index in [1.165, 1.54) is 24.7 Å². The van der Waals surface area contributed by atoms with Crippen LogP contribution in [0.4, 0.5) is 21.6 Å². The molecule has 0 amide bonds. The van der Waals surface area contributed by atoms with Gasteiger partial charge in [-0.15, -0.1) is 0 Å². The van der Waals surface area contributed by atoms with E-state index in [0.717, 1.165) is 10.9 Å². The van der Waals surface area contributed by atoms with E-state index >= 15 is 0 Å². The van der Waals surface area contributed by atoms with Crippen molar-refractivity contribution in [3.8, 4) is 5.75 Å². The first-order valence-electron chi connectivity index (χ1n) is 11.0. The topological polar surface area (TPSA) is 104 Å². The quantitative estimate of drug-likeness (QED) is 0.320. The molecule has 1 fully saturated rings. The molecule has 0 aliphatic carbocycles. The molecule has 3 aromatic rings. The molecule has 2 aromatic carbocycles. The maximum absolute atomic E-state index is 14.2. The molecule has 1 saturated heterocycles. The van der Waals surface area contributed by atoms with Crippen molar-refractivity contribution >= 4 is 43.7 Å². The molecule has 0 spiro atoms. The third kappa shape index (κ3) is 6.37. The Bertz CT molecular complexity index is 1300. The summed E-state index contributed by atoms with van der Waals surface area (Å²) in [5.41, 5.74) is 2.68. The number of methoxy groups -OCH3 is 1. The van der Waals surface area contributed by atoms with Crippen LogP contribution < -0.4 is 14.8 Å². The minimum Gasteiger partial charge on any atom is -0.483 e. The molecule has 9 nitrogen and oxygen atoms in total. The number of aryl methyl sites for hydroxylation is 1. The molecule has 0 bridgehead atoms. The van der Waals surface area contributed by atoms with Crippen LogP contribution in [-0.2, 0) is 23.9 Å². The number of benzene rings is 2. The minimum atomic E-state index is -2.44. The summed E-state index contributed by atoms with van der Waals surface area (Å²) >= 11 is 0. The summed E-state index contributed by atoms with van der Waals surface area (Å²) < 4.78 is 51.6. The molecule has 11 heteroatoms. The minimum absolute atomic E-state index is 0.295. The SMILES string of the molecule is C=S(C)(=O)Nc1cc(C)c2c(Nc3ccc(F)cc3OC3COCC3OCCOC)ncnc2c1. The Morgan fingerprint density at radius 3 is 2.77 bits per heavy atom. The van der Waals surface area contributed by atoms with E-state index in [1.54, 1.807) is 19.2 Å². The number of fused-ring (bicyclic) bond motifs is 1. The molecule has 1 aromatic heterocycles. The van der Waals surface area contributed by atoms with E-state index in [-0.39, 0.29) is 6.10 Å². The second kappa shape index (κ2) is 10.7. The molecule has 0 saturated carbocycles. The van der Waals surface area contributed by atoms with E-state index < -0.39 is 21.6 Å². The molecule has 2 heterocycles. The third-order valence-corrected chi connectivity index (χ3v) is 6.01. The van der Waals surface area contributed by atoms with E-state index in [4.69, 9.17) is 18.9 Å². The zero-order valence-corrected chi connectivity index (χ0v) is 20.7. The van der Waals surface area contributed by atoms with Crippen molar-refractivity contribution in [3.63, 3.8) is 0 Å². The first-order chi connectivity index (χ1) is 16.7. The van der Waals surface area contributed by atoms with Gasteiger partial charge in [0.2, 0.25) is 0 Å². The third-order valence-electron chi connectivity index (χ3n) is 5.34. The molecule has 4 rings (SSSR count). The van der Waals surface area contributed by atoms with E-state index in [0.29, 0.717) is 54.9 Å². The standard InChI is InChI=1S/C24H29FN4O5S/c1-15-9-17(29-35(3,4)30)11-19-23(15)24(27-14-26-19)28-18-6-5-16(25)10-20(18)34-22-13-32-12-21(22)33-8-7-31-2/h5-6,9-11,14,21-22H,3,7-8,12-13H2,1-2,4H3,(H,29,30)(H,26,27,28). The highest BCUT2D eigenvalue weighted by Crippen LogP contribution is 2.34. The van der Waals surface area contributed by atoms with Gasteiger partial charge in [0.25, 0.3) is 0 Å². The Morgan fingerprint density at radius 1 is 1.20 bits per heavy atom. The van der Waals surface area contributed by atoms with Gasteiger partial charge in [0, 0.05) is 40.2 Å². The molecule has 1 aliphatic heterocycles. The van der Waals surface area contributed by atoms with E-state index in [1.807, 2.05) is 13.0 Å². The second-order valence-corrected chi connectivity index (χ2v) is 10.6. The van der Waals surface area contributed by atoms with Crippen molar-refractivity contribution in [1.82, 2.24) is 9.97 Å². The second-order valence-electron chi connectivity index (χ2n) is 8.38. The smallest absolute Gasteiger partial charge is 0.150 e. The molecule has 1 aliphatic rings. The van der Waals surface area contributed by atoms with Crippen molar-refractivity contribution in [3.05, 3.63) is 48.0 Å². The van der Waals surface area contributed by atoms with Crippen LogP contribution in [0.3, 0.4) is 0 Å². The number of nitrogens with one attached hydrogen (secondary N) is 2. The molecule has 2 N–H and O–H groups in total. The van der Waals surface area contributed by atoms with E-state index in [9.17, 15) is 8.60 Å². The largest absolute Gasteiger partial charge is 0.483 e. The van der Waals surface area contributed by atoms with Gasteiger partial charge in [-0.05, 0) is 42.6 Å². The Labute approximate surface area is 204 Å². The van der Waals surface area contributed by atoms with Gasteiger partial charge in [0.15, 0.2) is 6.10 Å². The lowest BCUT2D eigenvalue weighted by atomic mass is 10.1. The highest BCUT2D eigenvalue weighted by atomic mass is 32.2. The van der Waals surface area contributed by atoms with Gasteiger partial charge in [0.05, 0.1) is 37.6 Å². The van der Waals surface area contributed by atoms with E-state index in [2.05, 4.69) is 25.9 Å². The molecule has 3 atom stereocenters. The van der Waals surface area contributed by atoms with Gasteiger partial charge in [0.1, 0.15) is 29.8 Å². The fraction of sp³-hybridized carbons (Fsp3) is 0.375. The first-order valence-corrected chi connectivity index (χ1v) is 13.1. The summed E-state index contributed by atoms with van der Waals surface area (Å²) in [7, 11) is -0.840. The number of hydrogen-bond acceptors (Lipinski definition) is 8.